The van der Waals surface area contributed by atoms with Crippen molar-refractivity contribution in [2.75, 3.05) is 31.7 Å². The van der Waals surface area contributed by atoms with Crippen molar-refractivity contribution in [1.82, 2.24) is 10.2 Å². The Labute approximate surface area is 310 Å². The molecule has 0 aromatic heterocycles. The van der Waals surface area contributed by atoms with E-state index in [-0.39, 0.29) is 31.8 Å². The van der Waals surface area contributed by atoms with E-state index in [1.54, 1.807) is 48.4 Å². The molecule has 2 bridgehead atoms. The summed E-state index contributed by atoms with van der Waals surface area (Å²) in [6.07, 6.45) is 3.60. The van der Waals surface area contributed by atoms with Crippen molar-refractivity contribution in [1.29, 1.82) is 0 Å². The molecule has 0 saturated carbocycles. The summed E-state index contributed by atoms with van der Waals surface area (Å²) in [5.41, 5.74) is 0.773. The van der Waals surface area contributed by atoms with Gasteiger partial charge in [-0.25, -0.2) is 0 Å². The van der Waals surface area contributed by atoms with Gasteiger partial charge in [-0.05, 0) is 61.1 Å². The van der Waals surface area contributed by atoms with Gasteiger partial charge in [0.15, 0.2) is 0 Å². The summed E-state index contributed by atoms with van der Waals surface area (Å²) >= 11 is 0. The zero-order chi connectivity index (χ0) is 37.5. The minimum absolute atomic E-state index is 0.0308. The molecule has 3 fully saturated rings. The van der Waals surface area contributed by atoms with Crippen LogP contribution in [-0.2, 0) is 35.1 Å². The van der Waals surface area contributed by atoms with Gasteiger partial charge in [0.1, 0.15) is 23.5 Å². The number of allylic oxidation sites excluding steroid dienone is 1. The highest BCUT2D eigenvalue weighted by Gasteiger charge is 2.75. The third-order valence-corrected chi connectivity index (χ3v) is 10.6. The third-order valence-electron chi connectivity index (χ3n) is 10.6. The molecule has 0 aliphatic carbocycles. The summed E-state index contributed by atoms with van der Waals surface area (Å²) in [7, 11) is 1.56. The van der Waals surface area contributed by atoms with E-state index in [9.17, 15) is 19.5 Å². The highest BCUT2D eigenvalue weighted by atomic mass is 16.6. The Hall–Kier alpha value is -5.26. The van der Waals surface area contributed by atoms with Crippen molar-refractivity contribution in [3.05, 3.63) is 121 Å². The molecule has 2 N–H and O–H groups in total. The second-order valence-corrected chi connectivity index (χ2v) is 13.7. The molecule has 53 heavy (non-hydrogen) atoms. The van der Waals surface area contributed by atoms with Crippen LogP contribution in [0.4, 0.5) is 5.69 Å². The number of ether oxygens (including phenoxy) is 3. The highest BCUT2D eigenvalue weighted by Crippen LogP contribution is 2.59. The lowest BCUT2D eigenvalue weighted by Gasteiger charge is -2.39. The van der Waals surface area contributed by atoms with Crippen molar-refractivity contribution in [3.8, 4) is 5.75 Å². The van der Waals surface area contributed by atoms with E-state index in [0.717, 1.165) is 5.56 Å². The first-order chi connectivity index (χ1) is 25.8. The number of likely N-dealkylation sites (tertiary alicyclic amines) is 1. The number of hydrogen-bond acceptors (Lipinski definition) is 8. The van der Waals surface area contributed by atoms with Gasteiger partial charge < -0.3 is 34.4 Å². The largest absolute Gasteiger partial charge is 0.497 e. The molecule has 3 aliphatic heterocycles. The molecule has 1 spiro atoms. The molecule has 0 radical (unpaired) electrons. The smallest absolute Gasteiger partial charge is 0.313 e. The first-order valence-electron chi connectivity index (χ1n) is 18.1. The number of rotatable bonds is 17. The third kappa shape index (κ3) is 7.49. The summed E-state index contributed by atoms with van der Waals surface area (Å²) in [5.74, 6) is -3.12. The molecule has 7 atom stereocenters. The molecule has 6 rings (SSSR count). The van der Waals surface area contributed by atoms with E-state index in [2.05, 4.69) is 18.5 Å². The van der Waals surface area contributed by atoms with Crippen molar-refractivity contribution >= 4 is 29.4 Å². The summed E-state index contributed by atoms with van der Waals surface area (Å²) in [6.45, 7) is 7.31. The number of nitrogens with zero attached hydrogens (tertiary/aromatic N) is 2. The molecule has 0 unspecified atom stereocenters. The number of carbonyl (C=O) groups is 4. The topological polar surface area (TPSA) is 135 Å². The number of methoxy groups -OCH3 is 1. The van der Waals surface area contributed by atoms with E-state index in [1.165, 1.54) is 4.90 Å². The monoisotopic (exact) mass is 721 g/mol. The molecule has 11 nitrogen and oxygen atoms in total. The molecule has 278 valence electrons. The van der Waals surface area contributed by atoms with Gasteiger partial charge in [-0.1, -0.05) is 72.8 Å². The van der Waals surface area contributed by atoms with Crippen LogP contribution >= 0.6 is 0 Å². The fourth-order valence-corrected chi connectivity index (χ4v) is 8.17. The number of anilines is 1. The predicted molar refractivity (Wildman–Crippen MR) is 199 cm³/mol. The van der Waals surface area contributed by atoms with Crippen LogP contribution in [0.15, 0.2) is 110 Å². The van der Waals surface area contributed by atoms with Gasteiger partial charge in [0.2, 0.25) is 11.8 Å². The minimum atomic E-state index is -1.35. The number of esters is 1. The lowest BCUT2D eigenvalue weighted by molar-refractivity contribution is -0.161. The number of hydrogen-bond donors (Lipinski definition) is 2. The van der Waals surface area contributed by atoms with E-state index in [0.29, 0.717) is 36.3 Å². The summed E-state index contributed by atoms with van der Waals surface area (Å²) in [6, 6.07) is 23.6. The van der Waals surface area contributed by atoms with Crippen molar-refractivity contribution in [2.24, 2.45) is 11.8 Å². The van der Waals surface area contributed by atoms with Gasteiger partial charge in [0, 0.05) is 18.7 Å². The molecule has 11 heteroatoms. The minimum Gasteiger partial charge on any atom is -0.497 e. The van der Waals surface area contributed by atoms with Crippen LogP contribution in [0.3, 0.4) is 0 Å². The number of aliphatic hydroxyl groups is 1. The zero-order valence-corrected chi connectivity index (χ0v) is 30.0. The van der Waals surface area contributed by atoms with Crippen molar-refractivity contribution in [3.63, 3.8) is 0 Å². The van der Waals surface area contributed by atoms with E-state index in [1.807, 2.05) is 60.7 Å². The highest BCUT2D eigenvalue weighted by molar-refractivity contribution is 6.05. The van der Waals surface area contributed by atoms with E-state index < -0.39 is 66.1 Å². The van der Waals surface area contributed by atoms with Crippen molar-refractivity contribution < 1.29 is 38.5 Å². The first kappa shape index (κ1) is 37.5. The Morgan fingerprint density at radius 2 is 1.74 bits per heavy atom. The maximum absolute atomic E-state index is 15.0. The SMILES string of the molecule is C=CCCC(=O)NC[C@@H](OC(=O)[C@@H]1[C@@H]2CC[C@]3(O2)[C@H](C(=O)N(CC=C)c2ccc(OC)cc2)N([C@@H](CO)Cc2ccccc2)C(=O)[C@@H]13)c1ccccc1. The van der Waals surface area contributed by atoms with Gasteiger partial charge in [-0.15, -0.1) is 13.2 Å². The molecule has 3 aliphatic rings. The first-order valence-corrected chi connectivity index (χ1v) is 18.1. The number of amides is 3. The van der Waals surface area contributed by atoms with Crippen molar-refractivity contribution in [2.45, 2.75) is 62.0 Å². The fraction of sp³-hybridized carbons (Fsp3) is 0.381. The molecule has 3 aromatic carbocycles. The normalized spacial score (nSPS) is 23.8. The molecule has 3 heterocycles. The molecular formula is C42H47N3O8. The van der Waals surface area contributed by atoms with Crippen LogP contribution in [0.5, 0.6) is 5.75 Å². The summed E-state index contributed by atoms with van der Waals surface area (Å²) in [5, 5.41) is 13.7. The van der Waals surface area contributed by atoms with Gasteiger partial charge in [0.05, 0.1) is 44.2 Å². The zero-order valence-electron chi connectivity index (χ0n) is 30.0. The Bertz CT molecular complexity index is 1780. The predicted octanol–water partition coefficient (Wildman–Crippen LogP) is 4.56. The second-order valence-electron chi connectivity index (χ2n) is 13.7. The fourth-order valence-electron chi connectivity index (χ4n) is 8.17. The van der Waals surface area contributed by atoms with E-state index >= 15 is 4.79 Å². The standard InChI is InChI=1S/C42H47N3O8/c1-4-6-17-35(47)43-26-34(29-15-11-8-12-16-29)52-41(50)36-33-22-23-42(53-33)37(36)39(48)45(31(27-46)25-28-13-9-7-10-14-28)38(42)40(49)44(24-5-2)30-18-20-32(51-3)21-19-30/h4-5,7-16,18-21,31,33-34,36-38,46H,1-2,6,17,22-27H2,3H3,(H,43,47)/t31-,33+,34-,36-,37-,38+,42-/m1/s1. The number of nitrogens with one attached hydrogen (secondary N) is 1. The van der Waals surface area contributed by atoms with Crippen LogP contribution in [0.2, 0.25) is 0 Å². The Morgan fingerprint density at radius 3 is 2.38 bits per heavy atom. The van der Waals surface area contributed by atoms with Gasteiger partial charge in [-0.2, -0.15) is 0 Å². The number of carbonyl (C=O) groups excluding carboxylic acids is 4. The van der Waals surface area contributed by atoms with E-state index in [4.69, 9.17) is 14.2 Å². The van der Waals surface area contributed by atoms with Gasteiger partial charge in [0.25, 0.3) is 5.91 Å². The Morgan fingerprint density at radius 1 is 1.04 bits per heavy atom. The molecule has 3 saturated heterocycles. The van der Waals surface area contributed by atoms with Gasteiger partial charge in [-0.3, -0.25) is 19.2 Å². The Balaban J connectivity index is 1.36. The maximum atomic E-state index is 15.0. The average molecular weight is 722 g/mol. The number of fused-ring (bicyclic) bond motifs is 1. The quantitative estimate of drug-likeness (QED) is 0.153. The molecule has 3 aromatic rings. The van der Waals surface area contributed by atoms with Crippen LogP contribution < -0.4 is 15.0 Å². The maximum Gasteiger partial charge on any atom is 0.313 e. The van der Waals surface area contributed by atoms with Crippen LogP contribution in [0.1, 0.15) is 42.9 Å². The summed E-state index contributed by atoms with van der Waals surface area (Å²) < 4.78 is 18.2. The van der Waals surface area contributed by atoms with Crippen LogP contribution in [-0.4, -0.2) is 84.3 Å². The number of aliphatic hydroxyl groups excluding tert-OH is 1. The Kier molecular flexibility index (Phi) is 11.7. The summed E-state index contributed by atoms with van der Waals surface area (Å²) in [4.78, 5) is 59.9. The lowest BCUT2D eigenvalue weighted by Crippen LogP contribution is -2.59. The second kappa shape index (κ2) is 16.6. The van der Waals surface area contributed by atoms with Crippen LogP contribution in [0, 0.1) is 11.8 Å². The lowest BCUT2D eigenvalue weighted by atomic mass is 9.70. The average Bonchev–Trinajstić information content (AvgIpc) is 3.84. The number of benzene rings is 3. The van der Waals surface area contributed by atoms with Gasteiger partial charge >= 0.3 is 5.97 Å². The molecule has 3 amide bonds. The molecular weight excluding hydrogens is 674 g/mol. The van der Waals surface area contributed by atoms with Crippen LogP contribution in [0.25, 0.3) is 0 Å².